The van der Waals surface area contributed by atoms with E-state index in [1.807, 2.05) is 4.90 Å². The number of carboxylic acid groups (broad SMARTS) is 1. The van der Waals surface area contributed by atoms with E-state index in [0.29, 0.717) is 11.9 Å². The van der Waals surface area contributed by atoms with Crippen LogP contribution in [-0.2, 0) is 4.74 Å². The molecule has 6 nitrogen and oxygen atoms in total. The van der Waals surface area contributed by atoms with Gasteiger partial charge in [-0.25, -0.2) is 14.8 Å². The van der Waals surface area contributed by atoms with Crippen LogP contribution in [0.5, 0.6) is 0 Å². The number of methoxy groups -OCH3 is 1. The standard InChI is InChI=1S/C12H17N3O3/c1-8-3-4-15(7-10(8)18-2)12-13-5-9(6-14-12)11(16)17/h5-6,8,10H,3-4,7H2,1-2H3,(H,16,17). The number of hydrogen-bond acceptors (Lipinski definition) is 5. The van der Waals surface area contributed by atoms with E-state index in [0.717, 1.165) is 19.5 Å². The Morgan fingerprint density at radius 1 is 1.50 bits per heavy atom. The Bertz CT molecular complexity index is 421. The molecule has 0 aliphatic carbocycles. The zero-order chi connectivity index (χ0) is 13.1. The largest absolute Gasteiger partial charge is 0.478 e. The molecule has 0 amide bonds. The minimum Gasteiger partial charge on any atom is -0.478 e. The molecule has 0 spiro atoms. The number of anilines is 1. The number of hydrogen-bond donors (Lipinski definition) is 1. The normalized spacial score (nSPS) is 24.0. The summed E-state index contributed by atoms with van der Waals surface area (Å²) in [4.78, 5) is 20.9. The van der Waals surface area contributed by atoms with Crippen LogP contribution < -0.4 is 4.90 Å². The highest BCUT2D eigenvalue weighted by molar-refractivity contribution is 5.86. The zero-order valence-electron chi connectivity index (χ0n) is 10.5. The molecule has 2 atom stereocenters. The predicted molar refractivity (Wildman–Crippen MR) is 65.8 cm³/mol. The van der Waals surface area contributed by atoms with Crippen LogP contribution in [0.15, 0.2) is 12.4 Å². The van der Waals surface area contributed by atoms with E-state index in [1.54, 1.807) is 7.11 Å². The Morgan fingerprint density at radius 2 is 2.17 bits per heavy atom. The van der Waals surface area contributed by atoms with Gasteiger partial charge in [-0.1, -0.05) is 6.92 Å². The van der Waals surface area contributed by atoms with E-state index in [4.69, 9.17) is 9.84 Å². The van der Waals surface area contributed by atoms with Gasteiger partial charge in [0.05, 0.1) is 11.7 Å². The van der Waals surface area contributed by atoms with Gasteiger partial charge >= 0.3 is 5.97 Å². The lowest BCUT2D eigenvalue weighted by molar-refractivity contribution is 0.0494. The maximum Gasteiger partial charge on any atom is 0.338 e. The molecule has 2 heterocycles. The summed E-state index contributed by atoms with van der Waals surface area (Å²) < 4.78 is 5.43. The summed E-state index contributed by atoms with van der Waals surface area (Å²) in [6.45, 7) is 3.78. The van der Waals surface area contributed by atoms with Crippen LogP contribution in [0.1, 0.15) is 23.7 Å². The van der Waals surface area contributed by atoms with E-state index >= 15 is 0 Å². The van der Waals surface area contributed by atoms with Gasteiger partial charge in [-0.2, -0.15) is 0 Å². The smallest absolute Gasteiger partial charge is 0.338 e. The molecule has 2 rings (SSSR count). The van der Waals surface area contributed by atoms with Crippen LogP contribution in [0.3, 0.4) is 0 Å². The Labute approximate surface area is 106 Å². The van der Waals surface area contributed by atoms with Gasteiger partial charge in [0.15, 0.2) is 0 Å². The SMILES string of the molecule is COC1CN(c2ncc(C(=O)O)cn2)CCC1C. The molecule has 0 aromatic carbocycles. The maximum atomic E-state index is 10.7. The number of aromatic carboxylic acids is 1. The first-order valence-electron chi connectivity index (χ1n) is 5.95. The number of carboxylic acids is 1. The van der Waals surface area contributed by atoms with Gasteiger partial charge in [-0.15, -0.1) is 0 Å². The first-order chi connectivity index (χ1) is 8.61. The summed E-state index contributed by atoms with van der Waals surface area (Å²) in [5.74, 6) is 0.0714. The molecule has 0 saturated carbocycles. The predicted octanol–water partition coefficient (Wildman–Crippen LogP) is 1.04. The van der Waals surface area contributed by atoms with Crippen molar-refractivity contribution in [2.75, 3.05) is 25.1 Å². The second-order valence-corrected chi connectivity index (χ2v) is 4.56. The number of aromatic nitrogens is 2. The van der Waals surface area contributed by atoms with Crippen molar-refractivity contribution in [2.24, 2.45) is 5.92 Å². The summed E-state index contributed by atoms with van der Waals surface area (Å²) in [5, 5.41) is 8.79. The molecular formula is C12H17N3O3. The highest BCUT2D eigenvalue weighted by Crippen LogP contribution is 2.22. The van der Waals surface area contributed by atoms with Crippen LogP contribution in [0.25, 0.3) is 0 Å². The minimum atomic E-state index is -1.01. The van der Waals surface area contributed by atoms with Crippen LogP contribution in [-0.4, -0.2) is 47.3 Å². The Morgan fingerprint density at radius 3 is 2.72 bits per heavy atom. The lowest BCUT2D eigenvalue weighted by atomic mass is 9.96. The van der Waals surface area contributed by atoms with Crippen LogP contribution in [0, 0.1) is 5.92 Å². The molecule has 0 radical (unpaired) electrons. The van der Waals surface area contributed by atoms with Gasteiger partial charge in [0.25, 0.3) is 0 Å². The van der Waals surface area contributed by atoms with E-state index in [9.17, 15) is 4.79 Å². The average Bonchev–Trinajstić information content (AvgIpc) is 2.39. The molecule has 1 N–H and O–H groups in total. The molecule has 18 heavy (non-hydrogen) atoms. The van der Waals surface area contributed by atoms with Gasteiger partial charge < -0.3 is 14.7 Å². The fourth-order valence-electron chi connectivity index (χ4n) is 2.12. The van der Waals surface area contributed by atoms with Crippen molar-refractivity contribution < 1.29 is 14.6 Å². The van der Waals surface area contributed by atoms with Gasteiger partial charge in [0.2, 0.25) is 5.95 Å². The first kappa shape index (κ1) is 12.8. The average molecular weight is 251 g/mol. The van der Waals surface area contributed by atoms with Crippen molar-refractivity contribution in [3.05, 3.63) is 18.0 Å². The van der Waals surface area contributed by atoms with Crippen molar-refractivity contribution >= 4 is 11.9 Å². The maximum absolute atomic E-state index is 10.7. The van der Waals surface area contributed by atoms with E-state index < -0.39 is 5.97 Å². The Balaban J connectivity index is 2.09. The second kappa shape index (κ2) is 5.30. The molecule has 0 bridgehead atoms. The first-order valence-corrected chi connectivity index (χ1v) is 5.95. The summed E-state index contributed by atoms with van der Waals surface area (Å²) in [6, 6.07) is 0. The van der Waals surface area contributed by atoms with Crippen LogP contribution in [0.4, 0.5) is 5.95 Å². The van der Waals surface area contributed by atoms with Crippen LogP contribution in [0.2, 0.25) is 0 Å². The highest BCUT2D eigenvalue weighted by Gasteiger charge is 2.27. The van der Waals surface area contributed by atoms with Crippen molar-refractivity contribution in [1.29, 1.82) is 0 Å². The summed E-state index contributed by atoms with van der Waals surface area (Å²) in [6.07, 6.45) is 3.86. The number of rotatable bonds is 3. The molecule has 1 aromatic heterocycles. The third-order valence-electron chi connectivity index (χ3n) is 3.36. The fourth-order valence-corrected chi connectivity index (χ4v) is 2.12. The van der Waals surface area contributed by atoms with E-state index in [2.05, 4.69) is 16.9 Å². The molecule has 1 aliphatic heterocycles. The zero-order valence-corrected chi connectivity index (χ0v) is 10.5. The van der Waals surface area contributed by atoms with Gasteiger partial charge in [0.1, 0.15) is 0 Å². The van der Waals surface area contributed by atoms with Crippen molar-refractivity contribution in [3.8, 4) is 0 Å². The van der Waals surface area contributed by atoms with Gasteiger partial charge in [-0.05, 0) is 12.3 Å². The van der Waals surface area contributed by atoms with Crippen molar-refractivity contribution in [3.63, 3.8) is 0 Å². The highest BCUT2D eigenvalue weighted by atomic mass is 16.5. The molecular weight excluding hydrogens is 234 g/mol. The summed E-state index contributed by atoms with van der Waals surface area (Å²) >= 11 is 0. The number of piperidine rings is 1. The molecule has 1 aliphatic rings. The topological polar surface area (TPSA) is 75.5 Å². The Hall–Kier alpha value is -1.69. The van der Waals surface area contributed by atoms with E-state index in [1.165, 1.54) is 12.4 Å². The molecule has 2 unspecified atom stereocenters. The molecule has 1 saturated heterocycles. The lowest BCUT2D eigenvalue weighted by Gasteiger charge is -2.36. The number of carbonyl (C=O) groups is 1. The molecule has 98 valence electrons. The molecule has 1 fully saturated rings. The fraction of sp³-hybridized carbons (Fsp3) is 0.583. The van der Waals surface area contributed by atoms with Crippen molar-refractivity contribution in [1.82, 2.24) is 9.97 Å². The quantitative estimate of drug-likeness (QED) is 0.865. The number of nitrogens with zero attached hydrogens (tertiary/aromatic N) is 3. The monoisotopic (exact) mass is 251 g/mol. The van der Waals surface area contributed by atoms with Crippen LogP contribution >= 0.6 is 0 Å². The van der Waals surface area contributed by atoms with Crippen molar-refractivity contribution in [2.45, 2.75) is 19.4 Å². The van der Waals surface area contributed by atoms with Gasteiger partial charge in [-0.3, -0.25) is 0 Å². The third-order valence-corrected chi connectivity index (χ3v) is 3.36. The number of ether oxygens (including phenoxy) is 1. The minimum absolute atomic E-state index is 0.104. The second-order valence-electron chi connectivity index (χ2n) is 4.56. The summed E-state index contributed by atoms with van der Waals surface area (Å²) in [5.41, 5.74) is 0.104. The van der Waals surface area contributed by atoms with Gasteiger partial charge in [0, 0.05) is 32.6 Å². The van der Waals surface area contributed by atoms with E-state index in [-0.39, 0.29) is 11.7 Å². The third kappa shape index (κ3) is 2.59. The molecule has 6 heteroatoms. The lowest BCUT2D eigenvalue weighted by Crippen LogP contribution is -2.44. The summed E-state index contributed by atoms with van der Waals surface area (Å²) in [7, 11) is 1.71. The Kier molecular flexibility index (Phi) is 3.76. The molecule has 1 aromatic rings.